The molecule has 32 heavy (non-hydrogen) atoms. The van der Waals surface area contributed by atoms with Crippen LogP contribution in [0.25, 0.3) is 6.08 Å². The van der Waals surface area contributed by atoms with Gasteiger partial charge in [-0.25, -0.2) is 4.98 Å². The maximum atomic E-state index is 12.8. The summed E-state index contributed by atoms with van der Waals surface area (Å²) < 4.78 is 6.06. The zero-order valence-corrected chi connectivity index (χ0v) is 19.3. The Labute approximate surface area is 189 Å². The molecule has 0 aliphatic carbocycles. The first kappa shape index (κ1) is 23.5. The van der Waals surface area contributed by atoms with Crippen LogP contribution in [0, 0.1) is 0 Å². The number of fused-ring (bicyclic) bond motifs is 1. The number of pyridine rings is 1. The Morgan fingerprint density at radius 3 is 2.88 bits per heavy atom. The van der Waals surface area contributed by atoms with Crippen molar-refractivity contribution in [1.82, 2.24) is 15.2 Å². The highest BCUT2D eigenvalue weighted by Gasteiger charge is 2.16. The maximum absolute atomic E-state index is 12.8. The molecule has 0 unspecified atom stereocenters. The van der Waals surface area contributed by atoms with Crippen LogP contribution in [0.1, 0.15) is 55.4 Å². The molecule has 2 aromatic rings. The molecule has 7 heteroatoms. The maximum Gasteiger partial charge on any atom is 0.246 e. The van der Waals surface area contributed by atoms with Crippen LogP contribution in [0.5, 0.6) is 5.75 Å². The summed E-state index contributed by atoms with van der Waals surface area (Å²) in [5.41, 5.74) is 3.85. The molecule has 1 aliphatic heterocycles. The number of para-hydroxylation sites is 1. The van der Waals surface area contributed by atoms with Gasteiger partial charge in [-0.05, 0) is 35.6 Å². The summed E-state index contributed by atoms with van der Waals surface area (Å²) in [4.78, 5) is 30.4. The quantitative estimate of drug-likeness (QED) is 0.617. The number of hydrogen-bond donors (Lipinski definition) is 2. The minimum atomic E-state index is -0.111. The van der Waals surface area contributed by atoms with Gasteiger partial charge in [0, 0.05) is 43.5 Å². The molecule has 2 N–H and O–H groups in total. The molecule has 0 spiro atoms. The van der Waals surface area contributed by atoms with Crippen LogP contribution in [0.3, 0.4) is 0 Å². The van der Waals surface area contributed by atoms with Gasteiger partial charge >= 0.3 is 0 Å². The fourth-order valence-corrected chi connectivity index (χ4v) is 3.55. The monoisotopic (exact) mass is 436 g/mol. The van der Waals surface area contributed by atoms with E-state index in [1.165, 1.54) is 0 Å². The third kappa shape index (κ3) is 5.95. The molecular weight excluding hydrogens is 404 g/mol. The number of rotatable bonds is 8. The number of likely N-dealkylation sites (N-methyl/N-ethyl adjacent to an activating group) is 1. The zero-order valence-electron chi connectivity index (χ0n) is 19.3. The topological polar surface area (TPSA) is 83.6 Å². The molecule has 7 nitrogen and oxygen atoms in total. The second-order valence-corrected chi connectivity index (χ2v) is 8.29. The minimum Gasteiger partial charge on any atom is -0.493 e. The Bertz CT molecular complexity index is 1000. The molecule has 2 amide bonds. The average molecular weight is 437 g/mol. The SMILES string of the molecule is CCCOc1c(CN(C)C(=O)/C=C/c2cnc3c(c2)CNCC(=O)N3)cccc1C(C)C. The number of hydrogen-bond acceptors (Lipinski definition) is 5. The van der Waals surface area contributed by atoms with E-state index in [1.54, 1.807) is 30.3 Å². The molecule has 0 saturated carbocycles. The second-order valence-electron chi connectivity index (χ2n) is 8.29. The van der Waals surface area contributed by atoms with Gasteiger partial charge in [0.15, 0.2) is 0 Å². The molecule has 0 fully saturated rings. The molecular formula is C25H32N4O3. The first-order valence-electron chi connectivity index (χ1n) is 11.1. The zero-order chi connectivity index (χ0) is 23.1. The molecule has 1 aromatic heterocycles. The molecule has 1 aromatic carbocycles. The van der Waals surface area contributed by atoms with Gasteiger partial charge in [0.2, 0.25) is 11.8 Å². The summed E-state index contributed by atoms with van der Waals surface area (Å²) in [7, 11) is 1.78. The first-order valence-corrected chi connectivity index (χ1v) is 11.1. The fourth-order valence-electron chi connectivity index (χ4n) is 3.55. The van der Waals surface area contributed by atoms with E-state index in [2.05, 4.69) is 42.5 Å². The van der Waals surface area contributed by atoms with Gasteiger partial charge < -0.3 is 20.3 Å². The number of nitrogens with one attached hydrogen (secondary N) is 2. The smallest absolute Gasteiger partial charge is 0.246 e. The van der Waals surface area contributed by atoms with Gasteiger partial charge in [-0.1, -0.05) is 39.0 Å². The number of benzene rings is 1. The van der Waals surface area contributed by atoms with Crippen molar-refractivity contribution in [2.45, 2.75) is 46.2 Å². The Balaban J connectivity index is 1.71. The van der Waals surface area contributed by atoms with Crippen LogP contribution < -0.4 is 15.4 Å². The van der Waals surface area contributed by atoms with Gasteiger partial charge in [0.25, 0.3) is 0 Å². The minimum absolute atomic E-state index is 0.109. The lowest BCUT2D eigenvalue weighted by Crippen LogP contribution is -2.24. The van der Waals surface area contributed by atoms with Crippen LogP contribution in [-0.4, -0.2) is 41.9 Å². The van der Waals surface area contributed by atoms with E-state index in [0.717, 1.165) is 34.4 Å². The predicted molar refractivity (Wildman–Crippen MR) is 126 cm³/mol. The van der Waals surface area contributed by atoms with Gasteiger partial charge in [-0.15, -0.1) is 0 Å². The third-order valence-electron chi connectivity index (χ3n) is 5.25. The Morgan fingerprint density at radius 1 is 1.31 bits per heavy atom. The van der Waals surface area contributed by atoms with Crippen molar-refractivity contribution in [3.05, 3.63) is 58.8 Å². The normalized spacial score (nSPS) is 13.6. The van der Waals surface area contributed by atoms with E-state index in [4.69, 9.17) is 4.74 Å². The van der Waals surface area contributed by atoms with Gasteiger partial charge in [-0.2, -0.15) is 0 Å². The third-order valence-corrected chi connectivity index (χ3v) is 5.25. The number of anilines is 1. The molecule has 0 radical (unpaired) electrons. The van der Waals surface area contributed by atoms with Crippen molar-refractivity contribution < 1.29 is 14.3 Å². The van der Waals surface area contributed by atoms with Crippen LogP contribution >= 0.6 is 0 Å². The van der Waals surface area contributed by atoms with Crippen LogP contribution in [0.15, 0.2) is 36.5 Å². The summed E-state index contributed by atoms with van der Waals surface area (Å²) in [5.74, 6) is 1.56. The van der Waals surface area contributed by atoms with Crippen molar-refractivity contribution in [2.24, 2.45) is 0 Å². The van der Waals surface area contributed by atoms with Crippen molar-refractivity contribution in [1.29, 1.82) is 0 Å². The molecule has 0 saturated heterocycles. The molecule has 0 bridgehead atoms. The van der Waals surface area contributed by atoms with Crippen LogP contribution in [-0.2, 0) is 22.7 Å². The second kappa shape index (κ2) is 10.9. The molecule has 170 valence electrons. The van der Waals surface area contributed by atoms with E-state index in [1.807, 2.05) is 18.2 Å². The standard InChI is InChI=1S/C25H32N4O3/c1-5-11-32-24-19(7-6-8-21(24)17(2)3)16-29(4)23(31)10-9-18-12-20-14-26-15-22(30)28-25(20)27-13-18/h6-10,12-13,17,26H,5,11,14-16H2,1-4H3,(H,27,28,30)/b10-9+. The Morgan fingerprint density at radius 2 is 2.12 bits per heavy atom. The van der Waals surface area contributed by atoms with Crippen molar-refractivity contribution in [3.8, 4) is 5.75 Å². The number of carbonyl (C=O) groups is 2. The van der Waals surface area contributed by atoms with Crippen molar-refractivity contribution in [2.75, 3.05) is 25.5 Å². The van der Waals surface area contributed by atoms with E-state index < -0.39 is 0 Å². The summed E-state index contributed by atoms with van der Waals surface area (Å²) >= 11 is 0. The molecule has 2 heterocycles. The molecule has 0 atom stereocenters. The average Bonchev–Trinajstić information content (AvgIpc) is 2.96. The van der Waals surface area contributed by atoms with Crippen molar-refractivity contribution in [3.63, 3.8) is 0 Å². The number of carbonyl (C=O) groups excluding carboxylic acids is 2. The predicted octanol–water partition coefficient (Wildman–Crippen LogP) is 3.71. The summed E-state index contributed by atoms with van der Waals surface area (Å²) in [6.45, 7) is 8.28. The lowest BCUT2D eigenvalue weighted by Gasteiger charge is -2.21. The Hall–Kier alpha value is -3.19. The highest BCUT2D eigenvalue weighted by atomic mass is 16.5. The fraction of sp³-hybridized carbons (Fsp3) is 0.400. The Kier molecular flexibility index (Phi) is 8.00. The van der Waals surface area contributed by atoms with Gasteiger partial charge in [0.05, 0.1) is 13.2 Å². The highest BCUT2D eigenvalue weighted by Crippen LogP contribution is 2.31. The number of ether oxygens (including phenoxy) is 1. The van der Waals surface area contributed by atoms with Crippen molar-refractivity contribution >= 4 is 23.7 Å². The number of nitrogens with zero attached hydrogens (tertiary/aromatic N) is 2. The van der Waals surface area contributed by atoms with Crippen LogP contribution in [0.4, 0.5) is 5.82 Å². The molecule has 3 rings (SSSR count). The van der Waals surface area contributed by atoms with E-state index in [0.29, 0.717) is 31.4 Å². The van der Waals surface area contributed by atoms with E-state index >= 15 is 0 Å². The van der Waals surface area contributed by atoms with Gasteiger partial charge in [-0.3, -0.25) is 9.59 Å². The lowest BCUT2D eigenvalue weighted by atomic mass is 9.98. The summed E-state index contributed by atoms with van der Waals surface area (Å²) in [5, 5.41) is 5.83. The lowest BCUT2D eigenvalue weighted by molar-refractivity contribution is -0.125. The summed E-state index contributed by atoms with van der Waals surface area (Å²) in [6.07, 6.45) is 5.87. The van der Waals surface area contributed by atoms with Crippen LogP contribution in [0.2, 0.25) is 0 Å². The number of aromatic nitrogens is 1. The highest BCUT2D eigenvalue weighted by molar-refractivity contribution is 5.93. The number of amides is 2. The van der Waals surface area contributed by atoms with Gasteiger partial charge in [0.1, 0.15) is 11.6 Å². The largest absolute Gasteiger partial charge is 0.493 e. The van der Waals surface area contributed by atoms with E-state index in [9.17, 15) is 9.59 Å². The summed E-state index contributed by atoms with van der Waals surface area (Å²) in [6, 6.07) is 8.05. The van der Waals surface area contributed by atoms with E-state index in [-0.39, 0.29) is 18.4 Å². The molecule has 1 aliphatic rings. The first-order chi connectivity index (χ1) is 15.4.